The molecule has 2 atom stereocenters. The zero-order valence-corrected chi connectivity index (χ0v) is 23.0. The SMILES string of the molecule is CC[C@]1(C(N)=O)COc2c1cc([C@@](O)(CNC(=O)c1cc(OC)c3ncccc3c1)C(F)(F)F)nc2-c1ccc(F)cc1. The van der Waals surface area contributed by atoms with Gasteiger partial charge in [0.1, 0.15) is 40.5 Å². The van der Waals surface area contributed by atoms with E-state index in [-0.39, 0.29) is 46.9 Å². The second-order valence-corrected chi connectivity index (χ2v) is 10.1. The fourth-order valence-corrected chi connectivity index (χ4v) is 5.09. The summed E-state index contributed by atoms with van der Waals surface area (Å²) in [6.45, 7) is 0.00563. The van der Waals surface area contributed by atoms with Gasteiger partial charge in [-0.25, -0.2) is 9.37 Å². The van der Waals surface area contributed by atoms with Crippen LogP contribution in [0, 0.1) is 5.82 Å². The molecule has 0 radical (unpaired) electrons. The smallest absolute Gasteiger partial charge is 0.424 e. The third kappa shape index (κ3) is 4.99. The van der Waals surface area contributed by atoms with Crippen LogP contribution in [0.1, 0.15) is 35.0 Å². The van der Waals surface area contributed by atoms with Crippen LogP contribution in [0.5, 0.6) is 11.5 Å². The van der Waals surface area contributed by atoms with Crippen molar-refractivity contribution in [1.82, 2.24) is 15.3 Å². The highest BCUT2D eigenvalue weighted by Crippen LogP contribution is 2.49. The average Bonchev–Trinajstić information content (AvgIpc) is 3.38. The zero-order chi connectivity index (χ0) is 31.2. The number of carbonyl (C=O) groups excluding carboxylic acids is 2. The van der Waals surface area contributed by atoms with Gasteiger partial charge in [-0.1, -0.05) is 13.0 Å². The quantitative estimate of drug-likeness (QED) is 0.259. The summed E-state index contributed by atoms with van der Waals surface area (Å²) >= 11 is 0. The number of hydrogen-bond donors (Lipinski definition) is 3. The maximum absolute atomic E-state index is 14.7. The van der Waals surface area contributed by atoms with E-state index in [0.29, 0.717) is 10.9 Å². The molecule has 3 heterocycles. The third-order valence-electron chi connectivity index (χ3n) is 7.69. The number of hydrogen-bond acceptors (Lipinski definition) is 7. The minimum Gasteiger partial charge on any atom is -0.494 e. The maximum atomic E-state index is 14.7. The molecule has 1 aliphatic rings. The number of primary amides is 1. The highest BCUT2D eigenvalue weighted by atomic mass is 19.4. The van der Waals surface area contributed by atoms with E-state index < -0.39 is 47.1 Å². The number of pyridine rings is 2. The Balaban J connectivity index is 1.61. The minimum atomic E-state index is -5.35. The highest BCUT2D eigenvalue weighted by molar-refractivity contribution is 6.00. The number of nitrogens with zero attached hydrogens (tertiary/aromatic N) is 2. The number of amides is 2. The monoisotopic (exact) mass is 598 g/mol. The molecule has 0 bridgehead atoms. The standard InChI is InChI=1S/C30H26F4N4O5/c1-3-28(27(35)40)15-43-25-20(28)13-22(38-24(25)16-6-8-19(31)9-7-16)29(41,30(32,33)34)14-37-26(39)18-11-17-5-4-10-36-23(17)21(12-18)42-2/h4-13,41H,3,14-15H2,1-2H3,(H2,35,40)(H,37,39)/t28-,29-/m0/s1. The van der Waals surface area contributed by atoms with Crippen molar-refractivity contribution >= 4 is 22.7 Å². The zero-order valence-electron chi connectivity index (χ0n) is 23.0. The summed E-state index contributed by atoms with van der Waals surface area (Å²) in [6, 6.07) is 11.6. The lowest BCUT2D eigenvalue weighted by Gasteiger charge is -2.32. The van der Waals surface area contributed by atoms with E-state index in [1.807, 2.05) is 0 Å². The number of methoxy groups -OCH3 is 1. The van der Waals surface area contributed by atoms with Crippen LogP contribution in [0.3, 0.4) is 0 Å². The summed E-state index contributed by atoms with van der Waals surface area (Å²) in [4.78, 5) is 34.0. The van der Waals surface area contributed by atoms with Crippen LogP contribution in [0.25, 0.3) is 22.2 Å². The first-order valence-electron chi connectivity index (χ1n) is 13.1. The van der Waals surface area contributed by atoms with Crippen LogP contribution in [0.15, 0.2) is 60.8 Å². The second kappa shape index (κ2) is 10.8. The summed E-state index contributed by atoms with van der Waals surface area (Å²) in [5.41, 5.74) is -0.0651. The van der Waals surface area contributed by atoms with Crippen molar-refractivity contribution in [3.63, 3.8) is 0 Å². The number of rotatable bonds is 8. The van der Waals surface area contributed by atoms with Gasteiger partial charge in [-0.3, -0.25) is 14.6 Å². The Morgan fingerprint density at radius 1 is 1.16 bits per heavy atom. The molecule has 0 unspecified atom stereocenters. The topological polar surface area (TPSA) is 137 Å². The lowest BCUT2D eigenvalue weighted by atomic mass is 9.78. The molecule has 4 N–H and O–H groups in total. The van der Waals surface area contributed by atoms with Crippen LogP contribution in [0.2, 0.25) is 0 Å². The molecule has 2 amide bonds. The number of carbonyl (C=O) groups is 2. The Labute approximate surface area is 242 Å². The van der Waals surface area contributed by atoms with Crippen LogP contribution >= 0.6 is 0 Å². The molecule has 4 aromatic rings. The van der Waals surface area contributed by atoms with Crippen molar-refractivity contribution in [1.29, 1.82) is 0 Å². The van der Waals surface area contributed by atoms with E-state index in [4.69, 9.17) is 15.2 Å². The summed E-state index contributed by atoms with van der Waals surface area (Å²) in [5.74, 6) is -2.18. The molecule has 0 saturated carbocycles. The van der Waals surface area contributed by atoms with Crippen molar-refractivity contribution in [3.05, 3.63) is 83.4 Å². The predicted octanol–water partition coefficient (Wildman–Crippen LogP) is 4.15. The molecule has 13 heteroatoms. The van der Waals surface area contributed by atoms with Gasteiger partial charge in [0, 0.05) is 28.3 Å². The Morgan fingerprint density at radius 2 is 1.88 bits per heavy atom. The average molecular weight is 599 g/mol. The van der Waals surface area contributed by atoms with E-state index >= 15 is 0 Å². The molecular formula is C30H26F4N4O5. The number of aliphatic hydroxyl groups is 1. The van der Waals surface area contributed by atoms with Gasteiger partial charge in [-0.05, 0) is 55.0 Å². The molecule has 224 valence electrons. The molecule has 9 nitrogen and oxygen atoms in total. The van der Waals surface area contributed by atoms with Crippen molar-refractivity contribution in [2.24, 2.45) is 5.73 Å². The van der Waals surface area contributed by atoms with Gasteiger partial charge in [0.25, 0.3) is 5.91 Å². The molecule has 0 fully saturated rings. The predicted molar refractivity (Wildman–Crippen MR) is 147 cm³/mol. The molecule has 0 aliphatic carbocycles. The number of fused-ring (bicyclic) bond motifs is 2. The first-order chi connectivity index (χ1) is 20.3. The molecule has 5 rings (SSSR count). The number of nitrogens with two attached hydrogens (primary N) is 1. The maximum Gasteiger partial charge on any atom is 0.424 e. The Hall–Kier alpha value is -4.78. The first-order valence-corrected chi connectivity index (χ1v) is 13.1. The molecule has 0 saturated heterocycles. The minimum absolute atomic E-state index is 0.00686. The number of aromatic nitrogens is 2. The molecule has 2 aromatic heterocycles. The fraction of sp³-hybridized carbons (Fsp3) is 0.267. The van der Waals surface area contributed by atoms with E-state index in [1.54, 1.807) is 19.1 Å². The Morgan fingerprint density at radius 3 is 2.51 bits per heavy atom. The summed E-state index contributed by atoms with van der Waals surface area (Å²) in [6.07, 6.45) is -3.76. The molecule has 0 spiro atoms. The summed E-state index contributed by atoms with van der Waals surface area (Å²) < 4.78 is 68.8. The number of benzene rings is 2. The van der Waals surface area contributed by atoms with E-state index in [0.717, 1.165) is 18.2 Å². The van der Waals surface area contributed by atoms with Crippen molar-refractivity contribution in [2.45, 2.75) is 30.5 Å². The van der Waals surface area contributed by atoms with Crippen LogP contribution in [-0.4, -0.2) is 53.3 Å². The first kappa shape index (κ1) is 29.7. The van der Waals surface area contributed by atoms with Gasteiger partial charge in [-0.15, -0.1) is 0 Å². The molecule has 43 heavy (non-hydrogen) atoms. The number of halogens is 4. The third-order valence-corrected chi connectivity index (χ3v) is 7.69. The van der Waals surface area contributed by atoms with E-state index in [2.05, 4.69) is 15.3 Å². The van der Waals surface area contributed by atoms with E-state index in [9.17, 15) is 32.3 Å². The normalized spacial score (nSPS) is 17.6. The van der Waals surface area contributed by atoms with Crippen LogP contribution in [0.4, 0.5) is 17.6 Å². The summed E-state index contributed by atoms with van der Waals surface area (Å²) in [5, 5.41) is 13.9. The molecule has 2 aromatic carbocycles. The van der Waals surface area contributed by atoms with Crippen molar-refractivity contribution in [3.8, 4) is 22.8 Å². The van der Waals surface area contributed by atoms with Gasteiger partial charge in [0.15, 0.2) is 0 Å². The Bertz CT molecular complexity index is 1730. The lowest BCUT2D eigenvalue weighted by Crippen LogP contribution is -2.52. The van der Waals surface area contributed by atoms with Crippen molar-refractivity contribution < 1.29 is 41.7 Å². The summed E-state index contributed by atoms with van der Waals surface area (Å²) in [7, 11) is 1.36. The van der Waals surface area contributed by atoms with E-state index in [1.165, 1.54) is 37.6 Å². The highest BCUT2D eigenvalue weighted by Gasteiger charge is 2.58. The Kier molecular flexibility index (Phi) is 7.46. The fourth-order valence-electron chi connectivity index (χ4n) is 5.09. The van der Waals surface area contributed by atoms with Gasteiger partial charge < -0.3 is 25.6 Å². The van der Waals surface area contributed by atoms with Crippen LogP contribution in [-0.2, 0) is 15.8 Å². The van der Waals surface area contributed by atoms with Crippen LogP contribution < -0.4 is 20.5 Å². The lowest BCUT2D eigenvalue weighted by molar-refractivity contribution is -0.265. The largest absolute Gasteiger partial charge is 0.494 e. The number of alkyl halides is 3. The van der Waals surface area contributed by atoms with Gasteiger partial charge in [-0.2, -0.15) is 13.2 Å². The number of ether oxygens (including phenoxy) is 2. The molecular weight excluding hydrogens is 572 g/mol. The molecule has 1 aliphatic heterocycles. The number of nitrogens with one attached hydrogen (secondary N) is 1. The second-order valence-electron chi connectivity index (χ2n) is 10.1. The van der Waals surface area contributed by atoms with Gasteiger partial charge in [0.2, 0.25) is 11.5 Å². The van der Waals surface area contributed by atoms with Crippen molar-refractivity contribution in [2.75, 3.05) is 20.3 Å². The van der Waals surface area contributed by atoms with Gasteiger partial charge >= 0.3 is 6.18 Å². The van der Waals surface area contributed by atoms with Gasteiger partial charge in [0.05, 0.1) is 19.3 Å².